The van der Waals surface area contributed by atoms with Crippen LogP contribution in [0, 0.1) is 0 Å². The number of rotatable bonds is 5. The Labute approximate surface area is 207 Å². The molecule has 3 aliphatic heterocycles. The molecule has 0 radical (unpaired) electrons. The summed E-state index contributed by atoms with van der Waals surface area (Å²) in [6, 6.07) is 16.7. The highest BCUT2D eigenvalue weighted by Crippen LogP contribution is 2.49. The first-order valence-corrected chi connectivity index (χ1v) is 11.6. The number of hydrogen-bond donors (Lipinski definition) is 0. The van der Waals surface area contributed by atoms with Gasteiger partial charge in [-0.25, -0.2) is 4.79 Å². The molecule has 0 aliphatic carbocycles. The first-order valence-electron chi connectivity index (χ1n) is 11.6. The first-order chi connectivity index (χ1) is 17.5. The van der Waals surface area contributed by atoms with Crippen LogP contribution in [0.3, 0.4) is 0 Å². The van der Waals surface area contributed by atoms with Gasteiger partial charge in [-0.1, -0.05) is 12.1 Å². The fraction of sp³-hybridized carbons (Fsp3) is 0.250. The van der Waals surface area contributed by atoms with Gasteiger partial charge < -0.3 is 33.2 Å². The van der Waals surface area contributed by atoms with Gasteiger partial charge in [-0.15, -0.1) is 0 Å². The van der Waals surface area contributed by atoms with E-state index in [0.29, 0.717) is 51.2 Å². The maximum Gasteiger partial charge on any atom is 0.338 e. The summed E-state index contributed by atoms with van der Waals surface area (Å²) in [6.45, 7) is 4.21. The van der Waals surface area contributed by atoms with E-state index in [4.69, 9.17) is 33.2 Å². The molecule has 184 valence electrons. The van der Waals surface area contributed by atoms with Crippen LogP contribution in [0.1, 0.15) is 36.6 Å². The van der Waals surface area contributed by atoms with Crippen LogP contribution in [0.5, 0.6) is 34.5 Å². The Morgan fingerprint density at radius 2 is 1.50 bits per heavy atom. The average molecular weight is 488 g/mol. The van der Waals surface area contributed by atoms with E-state index in [1.165, 1.54) is 7.11 Å². The van der Waals surface area contributed by atoms with Gasteiger partial charge in [0.2, 0.25) is 13.6 Å². The van der Waals surface area contributed by atoms with Crippen molar-refractivity contribution in [2.75, 3.05) is 20.7 Å². The molecule has 0 saturated carbocycles. The van der Waals surface area contributed by atoms with Gasteiger partial charge in [0.1, 0.15) is 11.5 Å². The molecule has 6 rings (SSSR count). The standard InChI is InChI=1S/C28H24O8/c1-15(2)35-18-6-9-20-19(12-18)25(16-4-7-21-23(10-16)33-13-31-21)26(28(29)30-3)27(36-20)17-5-8-22-24(11-17)34-14-32-22/h4-12,15,27H,13-14H2,1-3H3. The maximum absolute atomic E-state index is 13.4. The van der Waals surface area contributed by atoms with Crippen molar-refractivity contribution in [1.82, 2.24) is 0 Å². The fourth-order valence-corrected chi connectivity index (χ4v) is 4.61. The summed E-state index contributed by atoms with van der Waals surface area (Å²) in [5.74, 6) is 3.25. The minimum atomic E-state index is -0.753. The highest BCUT2D eigenvalue weighted by Gasteiger charge is 2.37. The molecule has 3 aromatic carbocycles. The smallest absolute Gasteiger partial charge is 0.338 e. The predicted octanol–water partition coefficient (Wildman–Crippen LogP) is 5.04. The molecule has 8 nitrogen and oxygen atoms in total. The number of carbonyl (C=O) groups excluding carboxylic acids is 1. The molecule has 0 N–H and O–H groups in total. The van der Waals surface area contributed by atoms with Crippen molar-refractivity contribution in [1.29, 1.82) is 0 Å². The van der Waals surface area contributed by atoms with Gasteiger partial charge in [0, 0.05) is 16.7 Å². The van der Waals surface area contributed by atoms with E-state index in [9.17, 15) is 4.79 Å². The Balaban J connectivity index is 1.58. The molecular formula is C28H24O8. The summed E-state index contributed by atoms with van der Waals surface area (Å²) in [7, 11) is 1.36. The Kier molecular flexibility index (Phi) is 5.36. The van der Waals surface area contributed by atoms with Gasteiger partial charge in [0.05, 0.1) is 18.8 Å². The van der Waals surface area contributed by atoms with E-state index in [1.807, 2.05) is 68.4 Å². The zero-order chi connectivity index (χ0) is 24.8. The molecule has 0 fully saturated rings. The number of ether oxygens (including phenoxy) is 7. The molecule has 8 heteroatoms. The monoisotopic (exact) mass is 488 g/mol. The van der Waals surface area contributed by atoms with Crippen LogP contribution in [-0.4, -0.2) is 32.8 Å². The molecule has 0 bridgehead atoms. The number of carbonyl (C=O) groups is 1. The molecule has 1 atom stereocenters. The van der Waals surface area contributed by atoms with Crippen molar-refractivity contribution in [2.24, 2.45) is 0 Å². The van der Waals surface area contributed by atoms with E-state index >= 15 is 0 Å². The highest BCUT2D eigenvalue weighted by molar-refractivity contribution is 6.05. The zero-order valence-electron chi connectivity index (χ0n) is 20.0. The molecule has 3 aromatic rings. The summed E-state index contributed by atoms with van der Waals surface area (Å²) in [6.07, 6.45) is -0.774. The zero-order valence-corrected chi connectivity index (χ0v) is 20.0. The highest BCUT2D eigenvalue weighted by atomic mass is 16.7. The molecule has 0 amide bonds. The number of fused-ring (bicyclic) bond motifs is 3. The van der Waals surface area contributed by atoms with Crippen molar-refractivity contribution in [3.63, 3.8) is 0 Å². The SMILES string of the molecule is COC(=O)C1=C(c2ccc3c(c2)OCO3)c2cc(OC(C)C)ccc2OC1c1ccc2c(c1)OCO2. The van der Waals surface area contributed by atoms with Crippen LogP contribution < -0.4 is 28.4 Å². The van der Waals surface area contributed by atoms with Gasteiger partial charge >= 0.3 is 5.97 Å². The lowest BCUT2D eigenvalue weighted by atomic mass is 9.85. The fourth-order valence-electron chi connectivity index (χ4n) is 4.61. The predicted molar refractivity (Wildman–Crippen MR) is 129 cm³/mol. The summed E-state index contributed by atoms with van der Waals surface area (Å²) in [5, 5.41) is 0. The van der Waals surface area contributed by atoms with Crippen molar-refractivity contribution in [3.8, 4) is 34.5 Å². The van der Waals surface area contributed by atoms with Crippen LogP contribution in [0.15, 0.2) is 60.2 Å². The van der Waals surface area contributed by atoms with Crippen LogP contribution in [0.25, 0.3) is 5.57 Å². The lowest BCUT2D eigenvalue weighted by Crippen LogP contribution is -2.24. The van der Waals surface area contributed by atoms with Gasteiger partial charge in [-0.3, -0.25) is 0 Å². The number of methoxy groups -OCH3 is 1. The minimum Gasteiger partial charge on any atom is -0.491 e. The quantitative estimate of drug-likeness (QED) is 0.462. The van der Waals surface area contributed by atoms with E-state index in [0.717, 1.165) is 11.1 Å². The Hall–Kier alpha value is -4.33. The molecule has 0 spiro atoms. The van der Waals surface area contributed by atoms with Crippen molar-refractivity contribution >= 4 is 11.5 Å². The van der Waals surface area contributed by atoms with Crippen LogP contribution >= 0.6 is 0 Å². The first kappa shape index (κ1) is 22.2. The Morgan fingerprint density at radius 3 is 2.22 bits per heavy atom. The summed E-state index contributed by atoms with van der Waals surface area (Å²) in [5.41, 5.74) is 3.22. The van der Waals surface area contributed by atoms with Crippen molar-refractivity contribution in [3.05, 3.63) is 76.9 Å². The summed E-state index contributed by atoms with van der Waals surface area (Å²) >= 11 is 0. The largest absolute Gasteiger partial charge is 0.491 e. The molecule has 1 unspecified atom stereocenters. The lowest BCUT2D eigenvalue weighted by molar-refractivity contribution is -0.137. The van der Waals surface area contributed by atoms with E-state index in [-0.39, 0.29) is 19.7 Å². The Morgan fingerprint density at radius 1 is 0.833 bits per heavy atom. The molecule has 3 aliphatic rings. The van der Waals surface area contributed by atoms with Crippen molar-refractivity contribution in [2.45, 2.75) is 26.1 Å². The maximum atomic E-state index is 13.4. The molecule has 0 saturated heterocycles. The summed E-state index contributed by atoms with van der Waals surface area (Å²) in [4.78, 5) is 13.4. The topological polar surface area (TPSA) is 81.7 Å². The van der Waals surface area contributed by atoms with Crippen LogP contribution in [-0.2, 0) is 9.53 Å². The van der Waals surface area contributed by atoms with Crippen LogP contribution in [0.4, 0.5) is 0 Å². The van der Waals surface area contributed by atoms with Gasteiger partial charge in [0.15, 0.2) is 29.1 Å². The third kappa shape index (κ3) is 3.75. The third-order valence-corrected chi connectivity index (χ3v) is 6.13. The third-order valence-electron chi connectivity index (χ3n) is 6.13. The normalized spacial score (nSPS) is 17.1. The number of hydrogen-bond acceptors (Lipinski definition) is 8. The summed E-state index contributed by atoms with van der Waals surface area (Å²) < 4.78 is 39.8. The van der Waals surface area contributed by atoms with Crippen molar-refractivity contribution < 1.29 is 38.0 Å². The molecule has 0 aromatic heterocycles. The number of benzene rings is 3. The minimum absolute atomic E-state index is 0.0213. The average Bonchev–Trinajstić information content (AvgIpc) is 3.55. The van der Waals surface area contributed by atoms with E-state index in [1.54, 1.807) is 0 Å². The van der Waals surface area contributed by atoms with Crippen LogP contribution in [0.2, 0.25) is 0 Å². The molecular weight excluding hydrogens is 464 g/mol. The molecule has 36 heavy (non-hydrogen) atoms. The van der Waals surface area contributed by atoms with Gasteiger partial charge in [0.25, 0.3) is 0 Å². The van der Waals surface area contributed by atoms with E-state index < -0.39 is 12.1 Å². The number of esters is 1. The van der Waals surface area contributed by atoms with Gasteiger partial charge in [-0.2, -0.15) is 0 Å². The second kappa shape index (κ2) is 8.71. The Bertz CT molecular complexity index is 1390. The second-order valence-corrected chi connectivity index (χ2v) is 8.78. The van der Waals surface area contributed by atoms with Gasteiger partial charge in [-0.05, 0) is 61.9 Å². The second-order valence-electron chi connectivity index (χ2n) is 8.78. The molecule has 3 heterocycles. The lowest BCUT2D eigenvalue weighted by Gasteiger charge is -2.31. The van der Waals surface area contributed by atoms with E-state index in [2.05, 4.69) is 0 Å².